The average Bonchev–Trinajstić information content (AvgIpc) is 2.85. The van der Waals surface area contributed by atoms with E-state index < -0.39 is 30.6 Å². The molecular formula is C26H34N2O6. The van der Waals surface area contributed by atoms with Crippen LogP contribution in [0.2, 0.25) is 0 Å². The number of nitrogens with zero attached hydrogens (tertiary/aromatic N) is 1. The number of aliphatic carboxylic acids is 1. The Labute approximate surface area is 200 Å². The number of carboxylic acid groups (broad SMARTS) is 1. The maximum absolute atomic E-state index is 13.7. The molecule has 1 aliphatic rings. The van der Waals surface area contributed by atoms with Gasteiger partial charge in [-0.3, -0.25) is 9.59 Å². The number of carbonyl (C=O) groups excluding carboxylic acids is 2. The van der Waals surface area contributed by atoms with E-state index >= 15 is 0 Å². The topological polar surface area (TPSA) is 127 Å². The van der Waals surface area contributed by atoms with Crippen LogP contribution in [0.25, 0.3) is 0 Å². The smallest absolute Gasteiger partial charge is 0.329 e. The Kier molecular flexibility index (Phi) is 10.2. The maximum Gasteiger partial charge on any atom is 0.329 e. The van der Waals surface area contributed by atoms with Gasteiger partial charge in [0.2, 0.25) is 11.8 Å². The van der Waals surface area contributed by atoms with Crippen LogP contribution in [-0.4, -0.2) is 56.8 Å². The van der Waals surface area contributed by atoms with Gasteiger partial charge >= 0.3 is 5.97 Å². The van der Waals surface area contributed by atoms with Crippen molar-refractivity contribution >= 4 is 23.5 Å². The minimum Gasteiger partial charge on any atom is -0.480 e. The van der Waals surface area contributed by atoms with Crippen molar-refractivity contribution in [2.45, 2.75) is 58.0 Å². The number of aryl methyl sites for hydroxylation is 2. The van der Waals surface area contributed by atoms with Gasteiger partial charge in [0.1, 0.15) is 18.8 Å². The molecule has 1 saturated carbocycles. The van der Waals surface area contributed by atoms with Gasteiger partial charge < -0.3 is 25.5 Å². The van der Waals surface area contributed by atoms with Crippen LogP contribution < -0.4 is 5.32 Å². The maximum atomic E-state index is 13.7. The largest absolute Gasteiger partial charge is 0.480 e. The van der Waals surface area contributed by atoms with Crippen LogP contribution in [0.1, 0.15) is 48.8 Å². The Hall–Kier alpha value is -3.23. The molecule has 1 aliphatic carbocycles. The molecule has 0 heterocycles. The Morgan fingerprint density at radius 2 is 1.44 bits per heavy atom. The molecule has 8 nitrogen and oxygen atoms in total. The summed E-state index contributed by atoms with van der Waals surface area (Å²) >= 11 is 0. The fraction of sp³-hybridized carbons (Fsp3) is 0.423. The van der Waals surface area contributed by atoms with Crippen molar-refractivity contribution in [1.82, 2.24) is 4.90 Å². The van der Waals surface area contributed by atoms with Gasteiger partial charge in [-0.05, 0) is 43.4 Å². The summed E-state index contributed by atoms with van der Waals surface area (Å²) in [7, 11) is 0. The van der Waals surface area contributed by atoms with E-state index in [1.54, 1.807) is 4.90 Å². The van der Waals surface area contributed by atoms with E-state index in [1.807, 2.05) is 62.4 Å². The number of hydrogen-bond donors (Lipinski definition) is 4. The van der Waals surface area contributed by atoms with E-state index in [-0.39, 0.29) is 5.91 Å². The SMILES string of the molecule is Cc1cccc(C)c1NC(=O)C1(N(Cc2ccccc2)C(=O)CO)CCCCC1.O=C(O)CO. The zero-order valence-corrected chi connectivity index (χ0v) is 19.8. The van der Waals surface area contributed by atoms with Gasteiger partial charge in [-0.2, -0.15) is 0 Å². The summed E-state index contributed by atoms with van der Waals surface area (Å²) in [4.78, 5) is 37.2. The number of rotatable bonds is 7. The highest BCUT2D eigenvalue weighted by Gasteiger charge is 2.47. The summed E-state index contributed by atoms with van der Waals surface area (Å²) in [6, 6.07) is 15.5. The van der Waals surface area contributed by atoms with Crippen LogP contribution in [0, 0.1) is 13.8 Å². The third kappa shape index (κ3) is 6.88. The number of para-hydroxylation sites is 1. The van der Waals surface area contributed by atoms with E-state index in [1.165, 1.54) is 0 Å². The molecule has 34 heavy (non-hydrogen) atoms. The first-order valence-electron chi connectivity index (χ1n) is 11.4. The first-order valence-corrected chi connectivity index (χ1v) is 11.4. The summed E-state index contributed by atoms with van der Waals surface area (Å²) in [6.07, 6.45) is 4.00. The van der Waals surface area contributed by atoms with Gasteiger partial charge in [-0.25, -0.2) is 4.79 Å². The van der Waals surface area contributed by atoms with Gasteiger partial charge in [0.25, 0.3) is 0 Å². The summed E-state index contributed by atoms with van der Waals surface area (Å²) in [5.41, 5.74) is 2.78. The van der Waals surface area contributed by atoms with Crippen molar-refractivity contribution in [2.24, 2.45) is 0 Å². The van der Waals surface area contributed by atoms with Gasteiger partial charge in [0.15, 0.2) is 0 Å². The molecule has 0 radical (unpaired) electrons. The molecule has 8 heteroatoms. The van der Waals surface area contributed by atoms with Crippen molar-refractivity contribution < 1.29 is 29.7 Å². The lowest BCUT2D eigenvalue weighted by molar-refractivity contribution is -0.151. The van der Waals surface area contributed by atoms with Gasteiger partial charge in [0.05, 0.1) is 0 Å². The van der Waals surface area contributed by atoms with E-state index in [2.05, 4.69) is 5.32 Å². The number of carbonyl (C=O) groups is 3. The predicted molar refractivity (Wildman–Crippen MR) is 129 cm³/mol. The monoisotopic (exact) mass is 470 g/mol. The number of carboxylic acids is 1. The van der Waals surface area contributed by atoms with Crippen molar-refractivity contribution in [1.29, 1.82) is 0 Å². The predicted octanol–water partition coefficient (Wildman–Crippen LogP) is 3.03. The molecule has 0 atom stereocenters. The molecule has 184 valence electrons. The minimum atomic E-state index is -1.19. The number of aliphatic hydroxyl groups excluding tert-OH is 2. The molecule has 2 aromatic rings. The fourth-order valence-corrected chi connectivity index (χ4v) is 4.33. The number of aliphatic hydroxyl groups is 2. The van der Waals surface area contributed by atoms with Crippen molar-refractivity contribution in [3.05, 3.63) is 65.2 Å². The Bertz CT molecular complexity index is 950. The Balaban J connectivity index is 0.000000739. The van der Waals surface area contributed by atoms with E-state index in [0.29, 0.717) is 19.4 Å². The zero-order valence-electron chi connectivity index (χ0n) is 19.8. The van der Waals surface area contributed by atoms with Crippen molar-refractivity contribution in [3.63, 3.8) is 0 Å². The molecule has 0 aliphatic heterocycles. The van der Waals surface area contributed by atoms with Crippen molar-refractivity contribution in [3.8, 4) is 0 Å². The molecule has 1 fully saturated rings. The molecule has 3 rings (SSSR count). The molecule has 0 aromatic heterocycles. The molecule has 0 spiro atoms. The molecule has 0 unspecified atom stereocenters. The summed E-state index contributed by atoms with van der Waals surface area (Å²) in [5.74, 6) is -1.76. The van der Waals surface area contributed by atoms with E-state index in [4.69, 9.17) is 15.0 Å². The van der Waals surface area contributed by atoms with Gasteiger partial charge in [0, 0.05) is 12.2 Å². The van der Waals surface area contributed by atoms with Gasteiger partial charge in [-0.1, -0.05) is 67.8 Å². The lowest BCUT2D eigenvalue weighted by atomic mass is 9.78. The first-order chi connectivity index (χ1) is 16.2. The van der Waals surface area contributed by atoms with Crippen LogP contribution in [-0.2, 0) is 20.9 Å². The fourth-order valence-electron chi connectivity index (χ4n) is 4.33. The third-order valence-electron chi connectivity index (χ3n) is 6.09. The van der Waals surface area contributed by atoms with Crippen LogP contribution >= 0.6 is 0 Å². The molecule has 0 saturated heterocycles. The molecule has 2 amide bonds. The van der Waals surface area contributed by atoms with Crippen LogP contribution in [0.3, 0.4) is 0 Å². The standard InChI is InChI=1S/C24H30N2O3.C2H4O3/c1-18-10-9-11-19(2)22(18)25-23(29)24(14-7-4-8-15-24)26(21(28)17-27)16-20-12-5-3-6-13-20;3-1-2(4)5/h3,5-6,9-13,27H,4,7-8,14-17H2,1-2H3,(H,25,29);3H,1H2,(H,4,5). The van der Waals surface area contributed by atoms with E-state index in [9.17, 15) is 14.7 Å². The number of benzene rings is 2. The lowest BCUT2D eigenvalue weighted by Gasteiger charge is -2.45. The Morgan fingerprint density at radius 3 is 1.94 bits per heavy atom. The normalized spacial score (nSPS) is 14.4. The summed E-state index contributed by atoms with van der Waals surface area (Å²) < 4.78 is 0. The number of nitrogens with one attached hydrogen (secondary N) is 1. The third-order valence-corrected chi connectivity index (χ3v) is 6.09. The van der Waals surface area contributed by atoms with Crippen molar-refractivity contribution in [2.75, 3.05) is 18.5 Å². The van der Waals surface area contributed by atoms with Gasteiger partial charge in [-0.15, -0.1) is 0 Å². The molecule has 0 bridgehead atoms. The average molecular weight is 471 g/mol. The second-order valence-corrected chi connectivity index (χ2v) is 8.49. The van der Waals surface area contributed by atoms with Crippen LogP contribution in [0.15, 0.2) is 48.5 Å². The minimum absolute atomic E-state index is 0.160. The highest BCUT2D eigenvalue weighted by Crippen LogP contribution is 2.37. The van der Waals surface area contributed by atoms with Crippen LogP contribution in [0.4, 0.5) is 5.69 Å². The first kappa shape index (κ1) is 27.0. The molecule has 4 N–H and O–H groups in total. The zero-order chi connectivity index (χ0) is 25.1. The highest BCUT2D eigenvalue weighted by atomic mass is 16.4. The highest BCUT2D eigenvalue weighted by molar-refractivity contribution is 6.01. The second kappa shape index (κ2) is 12.9. The number of hydrogen-bond acceptors (Lipinski definition) is 5. The Morgan fingerprint density at radius 1 is 0.882 bits per heavy atom. The second-order valence-electron chi connectivity index (χ2n) is 8.49. The van der Waals surface area contributed by atoms with Crippen LogP contribution in [0.5, 0.6) is 0 Å². The quantitative estimate of drug-likeness (QED) is 0.493. The van der Waals surface area contributed by atoms with E-state index in [0.717, 1.165) is 41.6 Å². The molecule has 2 aromatic carbocycles. The number of amides is 2. The lowest BCUT2D eigenvalue weighted by Crippen LogP contribution is -2.60. The summed E-state index contributed by atoms with van der Waals surface area (Å²) in [5, 5.41) is 27.8. The summed E-state index contributed by atoms with van der Waals surface area (Å²) in [6.45, 7) is 2.86. The number of anilines is 1. The molecular weight excluding hydrogens is 436 g/mol.